The van der Waals surface area contributed by atoms with E-state index in [0.29, 0.717) is 0 Å². The monoisotopic (exact) mass is 283 g/mol. The summed E-state index contributed by atoms with van der Waals surface area (Å²) in [7, 11) is 0. The van der Waals surface area contributed by atoms with Crippen molar-refractivity contribution in [3.8, 4) is 0 Å². The summed E-state index contributed by atoms with van der Waals surface area (Å²) in [6.45, 7) is 4.12. The van der Waals surface area contributed by atoms with E-state index in [0.717, 1.165) is 11.4 Å². The fraction of sp³-hybridized carbons (Fsp3) is 0.182. The van der Waals surface area contributed by atoms with E-state index in [9.17, 15) is 0 Å². The molecule has 0 radical (unpaired) electrons. The highest BCUT2D eigenvalue weighted by atomic mass is 127. The van der Waals surface area contributed by atoms with Crippen LogP contribution in [0, 0.1) is 17.4 Å². The SMILES string of the molecule is Cc1nc(C)c2ccccc2c1I. The van der Waals surface area contributed by atoms with Crippen LogP contribution in [-0.2, 0) is 0 Å². The van der Waals surface area contributed by atoms with Gasteiger partial charge in [-0.2, -0.15) is 0 Å². The van der Waals surface area contributed by atoms with Crippen LogP contribution in [-0.4, -0.2) is 4.98 Å². The maximum absolute atomic E-state index is 4.49. The quantitative estimate of drug-likeness (QED) is 0.675. The van der Waals surface area contributed by atoms with E-state index in [1.165, 1.54) is 14.3 Å². The molecule has 0 unspecified atom stereocenters. The molecule has 1 heterocycles. The predicted octanol–water partition coefficient (Wildman–Crippen LogP) is 3.46. The number of fused-ring (bicyclic) bond motifs is 1. The highest BCUT2D eigenvalue weighted by molar-refractivity contribution is 14.1. The Bertz CT molecular complexity index is 463. The van der Waals surface area contributed by atoms with Crippen LogP contribution in [0.1, 0.15) is 11.4 Å². The Morgan fingerprint density at radius 2 is 1.62 bits per heavy atom. The van der Waals surface area contributed by atoms with Gasteiger partial charge in [0.25, 0.3) is 0 Å². The van der Waals surface area contributed by atoms with Crippen LogP contribution in [0.15, 0.2) is 24.3 Å². The Kier molecular flexibility index (Phi) is 2.24. The van der Waals surface area contributed by atoms with Gasteiger partial charge in [0.05, 0.1) is 5.69 Å². The van der Waals surface area contributed by atoms with E-state index in [4.69, 9.17) is 0 Å². The molecule has 1 nitrogen and oxygen atoms in total. The zero-order valence-corrected chi connectivity index (χ0v) is 9.79. The summed E-state index contributed by atoms with van der Waals surface area (Å²) >= 11 is 2.36. The number of aromatic nitrogens is 1. The Hall–Kier alpha value is -0.640. The Morgan fingerprint density at radius 3 is 2.31 bits per heavy atom. The molecule has 0 spiro atoms. The van der Waals surface area contributed by atoms with E-state index in [-0.39, 0.29) is 0 Å². The average Bonchev–Trinajstić information content (AvgIpc) is 2.15. The average molecular weight is 283 g/mol. The minimum atomic E-state index is 1.12. The summed E-state index contributed by atoms with van der Waals surface area (Å²) in [5, 5.41) is 2.57. The largest absolute Gasteiger partial charge is 0.257 e. The first kappa shape index (κ1) is 8.94. The van der Waals surface area contributed by atoms with Crippen LogP contribution in [0.3, 0.4) is 0 Å². The standard InChI is InChI=1S/C11H10IN/c1-7-9-5-3-4-6-10(9)11(12)8(2)13-7/h3-6H,1-2H3. The van der Waals surface area contributed by atoms with Gasteiger partial charge in [0.15, 0.2) is 0 Å². The van der Waals surface area contributed by atoms with Crippen molar-refractivity contribution < 1.29 is 0 Å². The minimum Gasteiger partial charge on any atom is -0.257 e. The summed E-state index contributed by atoms with van der Waals surface area (Å²) in [6.07, 6.45) is 0. The predicted molar refractivity (Wildman–Crippen MR) is 63.9 cm³/mol. The molecule has 0 fully saturated rings. The molecule has 2 heteroatoms. The van der Waals surface area contributed by atoms with E-state index < -0.39 is 0 Å². The fourth-order valence-electron chi connectivity index (χ4n) is 1.55. The second kappa shape index (κ2) is 3.25. The molecule has 13 heavy (non-hydrogen) atoms. The minimum absolute atomic E-state index is 1.12. The number of rotatable bonds is 0. The summed E-state index contributed by atoms with van der Waals surface area (Å²) in [4.78, 5) is 4.49. The highest BCUT2D eigenvalue weighted by Gasteiger charge is 2.04. The lowest BCUT2D eigenvalue weighted by Gasteiger charge is -2.06. The zero-order chi connectivity index (χ0) is 9.42. The van der Waals surface area contributed by atoms with Crippen molar-refractivity contribution in [1.82, 2.24) is 4.98 Å². The van der Waals surface area contributed by atoms with Crippen molar-refractivity contribution in [3.63, 3.8) is 0 Å². The van der Waals surface area contributed by atoms with E-state index in [1.807, 2.05) is 0 Å². The third-order valence-electron chi connectivity index (χ3n) is 2.21. The van der Waals surface area contributed by atoms with Crippen molar-refractivity contribution in [2.24, 2.45) is 0 Å². The first-order chi connectivity index (χ1) is 6.20. The molecule has 0 saturated heterocycles. The Balaban J connectivity index is 2.97. The van der Waals surface area contributed by atoms with Gasteiger partial charge < -0.3 is 0 Å². The summed E-state index contributed by atoms with van der Waals surface area (Å²) in [6, 6.07) is 8.41. The number of aryl methyl sites for hydroxylation is 2. The lowest BCUT2D eigenvalue weighted by atomic mass is 10.1. The third-order valence-corrected chi connectivity index (χ3v) is 3.57. The molecule has 0 aliphatic carbocycles. The van der Waals surface area contributed by atoms with Gasteiger partial charge in [-0.3, -0.25) is 4.98 Å². The highest BCUT2D eigenvalue weighted by Crippen LogP contribution is 2.24. The maximum Gasteiger partial charge on any atom is 0.0515 e. The summed E-state index contributed by atoms with van der Waals surface area (Å²) in [5.74, 6) is 0. The first-order valence-corrected chi connectivity index (χ1v) is 5.29. The van der Waals surface area contributed by atoms with Gasteiger partial charge in [0.1, 0.15) is 0 Å². The van der Waals surface area contributed by atoms with Crippen molar-refractivity contribution in [2.45, 2.75) is 13.8 Å². The molecular formula is C11H10IN. The van der Waals surface area contributed by atoms with Crippen molar-refractivity contribution in [1.29, 1.82) is 0 Å². The lowest BCUT2D eigenvalue weighted by Crippen LogP contribution is -1.92. The summed E-state index contributed by atoms with van der Waals surface area (Å²) < 4.78 is 1.26. The van der Waals surface area contributed by atoms with Gasteiger partial charge in [-0.25, -0.2) is 0 Å². The molecule has 0 atom stereocenters. The number of hydrogen-bond donors (Lipinski definition) is 0. The van der Waals surface area contributed by atoms with Crippen LogP contribution in [0.4, 0.5) is 0 Å². The van der Waals surface area contributed by atoms with Crippen molar-refractivity contribution in [3.05, 3.63) is 39.2 Å². The lowest BCUT2D eigenvalue weighted by molar-refractivity contribution is 1.14. The first-order valence-electron chi connectivity index (χ1n) is 4.21. The normalized spacial score (nSPS) is 10.7. The van der Waals surface area contributed by atoms with E-state index in [2.05, 4.69) is 65.7 Å². The maximum atomic E-state index is 4.49. The smallest absolute Gasteiger partial charge is 0.0515 e. The molecule has 1 aromatic heterocycles. The van der Waals surface area contributed by atoms with Crippen LogP contribution >= 0.6 is 22.6 Å². The van der Waals surface area contributed by atoms with Gasteiger partial charge in [0, 0.05) is 14.7 Å². The van der Waals surface area contributed by atoms with Gasteiger partial charge in [0.2, 0.25) is 0 Å². The van der Waals surface area contributed by atoms with Gasteiger partial charge >= 0.3 is 0 Å². The van der Waals surface area contributed by atoms with E-state index >= 15 is 0 Å². The molecular weight excluding hydrogens is 273 g/mol. The molecule has 1 aromatic carbocycles. The Labute approximate surface area is 91.3 Å². The van der Waals surface area contributed by atoms with E-state index in [1.54, 1.807) is 0 Å². The van der Waals surface area contributed by atoms with Crippen LogP contribution < -0.4 is 0 Å². The molecule has 0 N–H and O–H groups in total. The second-order valence-corrected chi connectivity index (χ2v) is 4.22. The zero-order valence-electron chi connectivity index (χ0n) is 7.63. The van der Waals surface area contributed by atoms with Gasteiger partial charge in [-0.1, -0.05) is 24.3 Å². The van der Waals surface area contributed by atoms with Crippen molar-refractivity contribution >= 4 is 33.4 Å². The Morgan fingerprint density at radius 1 is 1.00 bits per heavy atom. The third kappa shape index (κ3) is 1.43. The summed E-state index contributed by atoms with van der Waals surface area (Å²) in [5.41, 5.74) is 2.24. The van der Waals surface area contributed by atoms with Gasteiger partial charge in [-0.05, 0) is 41.8 Å². The molecule has 0 bridgehead atoms. The second-order valence-electron chi connectivity index (χ2n) is 3.14. The molecule has 0 aliphatic heterocycles. The van der Waals surface area contributed by atoms with Crippen LogP contribution in [0.25, 0.3) is 10.8 Å². The van der Waals surface area contributed by atoms with Crippen molar-refractivity contribution in [2.75, 3.05) is 0 Å². The molecule has 0 saturated carbocycles. The molecule has 66 valence electrons. The fourth-order valence-corrected chi connectivity index (χ4v) is 2.14. The number of hydrogen-bond acceptors (Lipinski definition) is 1. The number of pyridine rings is 1. The molecule has 0 aliphatic rings. The van der Waals surface area contributed by atoms with Crippen LogP contribution in [0.2, 0.25) is 0 Å². The van der Waals surface area contributed by atoms with Gasteiger partial charge in [-0.15, -0.1) is 0 Å². The topological polar surface area (TPSA) is 12.9 Å². The molecule has 2 aromatic rings. The number of benzene rings is 1. The number of nitrogens with zero attached hydrogens (tertiary/aromatic N) is 1. The van der Waals surface area contributed by atoms with Crippen LogP contribution in [0.5, 0.6) is 0 Å². The number of halogens is 1. The molecule has 0 amide bonds. The molecule has 2 rings (SSSR count).